The van der Waals surface area contributed by atoms with Crippen molar-refractivity contribution in [3.63, 3.8) is 0 Å². The van der Waals surface area contributed by atoms with E-state index >= 15 is 0 Å². The Morgan fingerprint density at radius 2 is 1.32 bits per heavy atom. The van der Waals surface area contributed by atoms with Crippen LogP contribution >= 0.6 is 0 Å². The maximum Gasteiger partial charge on any atom is 0.263 e. The number of para-hydroxylation sites is 1. The molecule has 4 nitrogen and oxygen atoms in total. The number of benzene rings is 3. The van der Waals surface area contributed by atoms with E-state index in [1.165, 1.54) is 17.2 Å². The van der Waals surface area contributed by atoms with Crippen molar-refractivity contribution >= 4 is 5.91 Å². The van der Waals surface area contributed by atoms with Crippen molar-refractivity contribution in [2.24, 2.45) is 0 Å². The number of hydrogen-bond acceptors (Lipinski definition) is 3. The molecule has 1 aliphatic rings. The third-order valence-corrected chi connectivity index (χ3v) is 5.71. The van der Waals surface area contributed by atoms with Crippen LogP contribution in [0.25, 0.3) is 0 Å². The number of rotatable bonds is 6. The number of amides is 1. The molecule has 1 heterocycles. The largest absolute Gasteiger partial charge is 0.478 e. The quantitative estimate of drug-likeness (QED) is 0.590. The monoisotopic (exact) mass is 418 g/mol. The minimum Gasteiger partial charge on any atom is -0.478 e. The van der Waals surface area contributed by atoms with Gasteiger partial charge in [-0.2, -0.15) is 0 Å². The lowest BCUT2D eigenvalue weighted by atomic mass is 9.96. The standard InChI is InChI=1S/C26H27FN2O2/c1-20(31-24-15-9-8-14-23(24)27)26(30)29-18-16-28(17-19-29)25(21-10-4-2-5-11-21)22-12-6-3-7-13-22/h2-15,20,25H,16-19H2,1H3/t20-/m1/s1. The minimum atomic E-state index is -0.734. The highest BCUT2D eigenvalue weighted by molar-refractivity contribution is 5.81. The van der Waals surface area contributed by atoms with E-state index in [0.717, 1.165) is 13.1 Å². The topological polar surface area (TPSA) is 32.8 Å². The first kappa shape index (κ1) is 21.1. The number of halogens is 1. The number of carbonyl (C=O) groups is 1. The summed E-state index contributed by atoms with van der Waals surface area (Å²) in [5, 5.41) is 0. The zero-order chi connectivity index (χ0) is 21.6. The molecule has 31 heavy (non-hydrogen) atoms. The summed E-state index contributed by atoms with van der Waals surface area (Å²) in [6, 6.07) is 27.2. The summed E-state index contributed by atoms with van der Waals surface area (Å²) in [7, 11) is 0. The Morgan fingerprint density at radius 3 is 1.87 bits per heavy atom. The Balaban J connectivity index is 1.43. The van der Waals surface area contributed by atoms with Crippen molar-refractivity contribution in [2.75, 3.05) is 26.2 Å². The Kier molecular flexibility index (Phi) is 6.63. The van der Waals surface area contributed by atoms with Gasteiger partial charge in [-0.3, -0.25) is 9.69 Å². The predicted octanol–water partition coefficient (Wildman–Crippen LogP) is 4.53. The molecule has 0 saturated carbocycles. The molecule has 4 rings (SSSR count). The van der Waals surface area contributed by atoms with E-state index in [4.69, 9.17) is 4.74 Å². The molecule has 1 atom stereocenters. The molecule has 0 radical (unpaired) electrons. The molecule has 1 amide bonds. The van der Waals surface area contributed by atoms with Crippen LogP contribution in [0.1, 0.15) is 24.1 Å². The highest BCUT2D eigenvalue weighted by Crippen LogP contribution is 2.29. The maximum atomic E-state index is 13.9. The molecule has 0 aromatic heterocycles. The summed E-state index contributed by atoms with van der Waals surface area (Å²) >= 11 is 0. The van der Waals surface area contributed by atoms with Gasteiger partial charge < -0.3 is 9.64 Å². The number of hydrogen-bond donors (Lipinski definition) is 0. The van der Waals surface area contributed by atoms with Gasteiger partial charge in [0.05, 0.1) is 6.04 Å². The molecular weight excluding hydrogens is 391 g/mol. The molecule has 5 heteroatoms. The van der Waals surface area contributed by atoms with Gasteiger partial charge in [0.1, 0.15) is 0 Å². The van der Waals surface area contributed by atoms with Crippen LogP contribution in [0.5, 0.6) is 5.75 Å². The van der Waals surface area contributed by atoms with Gasteiger partial charge in [0.25, 0.3) is 5.91 Å². The summed E-state index contributed by atoms with van der Waals surface area (Å²) in [6.45, 7) is 4.41. The average Bonchev–Trinajstić information content (AvgIpc) is 2.82. The van der Waals surface area contributed by atoms with Crippen molar-refractivity contribution in [3.8, 4) is 5.75 Å². The number of carbonyl (C=O) groups excluding carboxylic acids is 1. The van der Waals surface area contributed by atoms with Crippen LogP contribution in [-0.2, 0) is 4.79 Å². The van der Waals surface area contributed by atoms with Crippen LogP contribution in [0, 0.1) is 5.82 Å². The first-order valence-corrected chi connectivity index (χ1v) is 10.7. The summed E-state index contributed by atoms with van der Waals surface area (Å²) < 4.78 is 19.5. The van der Waals surface area contributed by atoms with Gasteiger partial charge in [0.2, 0.25) is 0 Å². The molecule has 0 unspecified atom stereocenters. The zero-order valence-corrected chi connectivity index (χ0v) is 17.7. The average molecular weight is 419 g/mol. The third-order valence-electron chi connectivity index (χ3n) is 5.71. The second kappa shape index (κ2) is 9.75. The molecule has 160 valence electrons. The Bertz CT molecular complexity index is 949. The highest BCUT2D eigenvalue weighted by atomic mass is 19.1. The molecule has 0 bridgehead atoms. The predicted molar refractivity (Wildman–Crippen MR) is 119 cm³/mol. The van der Waals surface area contributed by atoms with Gasteiger partial charge in [-0.1, -0.05) is 72.8 Å². The molecule has 1 saturated heterocycles. The van der Waals surface area contributed by atoms with Gasteiger partial charge in [-0.05, 0) is 30.2 Å². The van der Waals surface area contributed by atoms with E-state index < -0.39 is 11.9 Å². The maximum absolute atomic E-state index is 13.9. The first-order chi connectivity index (χ1) is 15.1. The fraction of sp³-hybridized carbons (Fsp3) is 0.269. The Morgan fingerprint density at radius 1 is 0.806 bits per heavy atom. The number of nitrogens with zero attached hydrogens (tertiary/aromatic N) is 2. The first-order valence-electron chi connectivity index (χ1n) is 10.7. The SMILES string of the molecule is C[C@@H](Oc1ccccc1F)C(=O)N1CCN(C(c2ccccc2)c2ccccc2)CC1. The van der Waals surface area contributed by atoms with E-state index in [1.54, 1.807) is 25.1 Å². The second-order valence-electron chi connectivity index (χ2n) is 7.78. The van der Waals surface area contributed by atoms with Crippen LogP contribution in [0.15, 0.2) is 84.9 Å². The van der Waals surface area contributed by atoms with Crippen molar-refractivity contribution in [2.45, 2.75) is 19.1 Å². The van der Waals surface area contributed by atoms with E-state index in [0.29, 0.717) is 13.1 Å². The van der Waals surface area contributed by atoms with E-state index in [1.807, 2.05) is 17.0 Å². The summed E-state index contributed by atoms with van der Waals surface area (Å²) in [4.78, 5) is 17.1. The van der Waals surface area contributed by atoms with Gasteiger partial charge in [-0.25, -0.2) is 4.39 Å². The Hall–Kier alpha value is -3.18. The van der Waals surface area contributed by atoms with Gasteiger partial charge in [0.15, 0.2) is 17.7 Å². The molecule has 0 spiro atoms. The normalized spacial score (nSPS) is 15.6. The number of ether oxygens (including phenoxy) is 1. The fourth-order valence-electron chi connectivity index (χ4n) is 4.12. The van der Waals surface area contributed by atoms with Gasteiger partial charge in [-0.15, -0.1) is 0 Å². The summed E-state index contributed by atoms with van der Waals surface area (Å²) in [5.74, 6) is -0.463. The Labute approximate surface area is 182 Å². The van der Waals surface area contributed by atoms with Crippen LogP contribution < -0.4 is 4.74 Å². The third kappa shape index (κ3) is 4.94. The van der Waals surface area contributed by atoms with Gasteiger partial charge in [0, 0.05) is 26.2 Å². The molecule has 1 aliphatic heterocycles. The lowest BCUT2D eigenvalue weighted by Crippen LogP contribution is -2.52. The molecule has 3 aromatic rings. The zero-order valence-electron chi connectivity index (χ0n) is 17.7. The van der Waals surface area contributed by atoms with Crippen molar-refractivity contribution in [1.29, 1.82) is 0 Å². The van der Waals surface area contributed by atoms with Crippen LogP contribution in [0.2, 0.25) is 0 Å². The smallest absolute Gasteiger partial charge is 0.263 e. The summed E-state index contributed by atoms with van der Waals surface area (Å²) in [6.07, 6.45) is -0.734. The molecular formula is C26H27FN2O2. The lowest BCUT2D eigenvalue weighted by molar-refractivity contribution is -0.140. The van der Waals surface area contributed by atoms with Crippen molar-refractivity contribution in [1.82, 2.24) is 9.80 Å². The second-order valence-corrected chi connectivity index (χ2v) is 7.78. The highest BCUT2D eigenvalue weighted by Gasteiger charge is 2.30. The number of piperazine rings is 1. The minimum absolute atomic E-state index is 0.107. The van der Waals surface area contributed by atoms with E-state index in [9.17, 15) is 9.18 Å². The fourth-order valence-corrected chi connectivity index (χ4v) is 4.12. The molecule has 0 N–H and O–H groups in total. The van der Waals surface area contributed by atoms with Gasteiger partial charge >= 0.3 is 0 Å². The van der Waals surface area contributed by atoms with Crippen LogP contribution in [-0.4, -0.2) is 48.0 Å². The van der Waals surface area contributed by atoms with Crippen LogP contribution in [0.3, 0.4) is 0 Å². The van der Waals surface area contributed by atoms with Crippen molar-refractivity contribution in [3.05, 3.63) is 102 Å². The molecule has 0 aliphatic carbocycles. The lowest BCUT2D eigenvalue weighted by Gasteiger charge is -2.40. The molecule has 1 fully saturated rings. The van der Waals surface area contributed by atoms with E-state index in [2.05, 4.69) is 53.4 Å². The van der Waals surface area contributed by atoms with Crippen LogP contribution in [0.4, 0.5) is 4.39 Å². The molecule has 3 aromatic carbocycles. The summed E-state index contributed by atoms with van der Waals surface area (Å²) in [5.41, 5.74) is 2.48. The van der Waals surface area contributed by atoms with E-state index in [-0.39, 0.29) is 17.7 Å². The van der Waals surface area contributed by atoms with Crippen molar-refractivity contribution < 1.29 is 13.9 Å².